The van der Waals surface area contributed by atoms with Crippen LogP contribution in [0.15, 0.2) is 54.6 Å². The molecule has 0 aliphatic carbocycles. The zero-order valence-electron chi connectivity index (χ0n) is 16.8. The van der Waals surface area contributed by atoms with E-state index in [1.165, 1.54) is 0 Å². The molecule has 146 valence electrons. The Kier molecular flexibility index (Phi) is 6.16. The van der Waals surface area contributed by atoms with E-state index in [0.717, 1.165) is 27.6 Å². The lowest BCUT2D eigenvalue weighted by Crippen LogP contribution is -2.30. The first-order valence-corrected chi connectivity index (χ1v) is 9.19. The Bertz CT molecular complexity index is 985. The molecule has 0 fully saturated rings. The molecular weight excluding hydrogens is 352 g/mol. The smallest absolute Gasteiger partial charge is 0.238 e. The van der Waals surface area contributed by atoms with Gasteiger partial charge in [-0.25, -0.2) is 0 Å². The van der Waals surface area contributed by atoms with Gasteiger partial charge in [0.25, 0.3) is 0 Å². The van der Waals surface area contributed by atoms with Gasteiger partial charge in [-0.05, 0) is 60.1 Å². The fourth-order valence-electron chi connectivity index (χ4n) is 3.25. The molecule has 0 aliphatic heterocycles. The second-order valence-electron chi connectivity index (χ2n) is 6.92. The number of nitrogens with zero attached hydrogens (tertiary/aromatic N) is 1. The molecule has 0 unspecified atom stereocenters. The summed E-state index contributed by atoms with van der Waals surface area (Å²) >= 11 is 0. The van der Waals surface area contributed by atoms with E-state index in [9.17, 15) is 4.79 Å². The van der Waals surface area contributed by atoms with Crippen LogP contribution in [0.4, 0.5) is 5.69 Å². The summed E-state index contributed by atoms with van der Waals surface area (Å²) in [5.41, 5.74) is 3.00. The van der Waals surface area contributed by atoms with E-state index in [2.05, 4.69) is 11.4 Å². The van der Waals surface area contributed by atoms with Gasteiger partial charge in [0.2, 0.25) is 5.91 Å². The summed E-state index contributed by atoms with van der Waals surface area (Å²) in [5.74, 6) is 1.36. The van der Waals surface area contributed by atoms with E-state index in [-0.39, 0.29) is 5.91 Å². The quantitative estimate of drug-likeness (QED) is 0.668. The van der Waals surface area contributed by atoms with Gasteiger partial charge in [0, 0.05) is 12.2 Å². The van der Waals surface area contributed by atoms with Crippen molar-refractivity contribution in [1.82, 2.24) is 4.90 Å². The summed E-state index contributed by atoms with van der Waals surface area (Å²) < 4.78 is 10.7. The fourth-order valence-corrected chi connectivity index (χ4v) is 3.25. The first-order chi connectivity index (χ1) is 13.5. The average Bonchev–Trinajstić information content (AvgIpc) is 2.68. The number of nitrogens with one attached hydrogen (secondary N) is 1. The number of rotatable bonds is 7. The van der Waals surface area contributed by atoms with Gasteiger partial charge in [-0.15, -0.1) is 0 Å². The zero-order valence-corrected chi connectivity index (χ0v) is 16.8. The number of benzene rings is 3. The SMILES string of the molecule is COc1cc(C)c(CN(C)CC(=O)Nc2ccc3ccccc3c2)cc1OC. The molecule has 0 heterocycles. The summed E-state index contributed by atoms with van der Waals surface area (Å²) in [7, 11) is 5.17. The number of amides is 1. The number of ether oxygens (including phenoxy) is 2. The number of fused-ring (bicyclic) bond motifs is 1. The summed E-state index contributed by atoms with van der Waals surface area (Å²) in [6.45, 7) is 2.96. The van der Waals surface area contributed by atoms with Gasteiger partial charge in [0.15, 0.2) is 11.5 Å². The minimum absolute atomic E-state index is 0.0455. The van der Waals surface area contributed by atoms with Crippen molar-refractivity contribution in [3.8, 4) is 11.5 Å². The summed E-state index contributed by atoms with van der Waals surface area (Å²) in [4.78, 5) is 14.4. The molecule has 5 nitrogen and oxygen atoms in total. The van der Waals surface area contributed by atoms with Crippen LogP contribution in [0.2, 0.25) is 0 Å². The highest BCUT2D eigenvalue weighted by Gasteiger charge is 2.13. The number of likely N-dealkylation sites (N-methyl/N-ethyl adjacent to an activating group) is 1. The molecule has 0 atom stereocenters. The van der Waals surface area contributed by atoms with E-state index in [4.69, 9.17) is 9.47 Å². The molecule has 28 heavy (non-hydrogen) atoms. The number of hydrogen-bond donors (Lipinski definition) is 1. The van der Waals surface area contributed by atoms with Crippen LogP contribution in [0.3, 0.4) is 0 Å². The fraction of sp³-hybridized carbons (Fsp3) is 0.261. The van der Waals surface area contributed by atoms with E-state index in [1.54, 1.807) is 14.2 Å². The Hall–Kier alpha value is -3.05. The first-order valence-electron chi connectivity index (χ1n) is 9.19. The van der Waals surface area contributed by atoms with Crippen molar-refractivity contribution in [3.05, 3.63) is 65.7 Å². The molecule has 0 saturated carbocycles. The standard InChI is InChI=1S/C23H26N2O3/c1-16-11-21(27-3)22(28-4)13-19(16)14-25(2)15-23(26)24-20-10-9-17-7-5-6-8-18(17)12-20/h5-13H,14-15H2,1-4H3,(H,24,26). The predicted octanol–water partition coefficient (Wildman–Crippen LogP) is 4.24. The predicted molar refractivity (Wildman–Crippen MR) is 113 cm³/mol. The van der Waals surface area contributed by atoms with E-state index >= 15 is 0 Å². The van der Waals surface area contributed by atoms with E-state index < -0.39 is 0 Å². The van der Waals surface area contributed by atoms with Crippen molar-refractivity contribution in [1.29, 1.82) is 0 Å². The van der Waals surface area contributed by atoms with Crippen molar-refractivity contribution in [2.24, 2.45) is 0 Å². The molecule has 3 aromatic carbocycles. The van der Waals surface area contributed by atoms with Gasteiger partial charge in [0.05, 0.1) is 20.8 Å². The van der Waals surface area contributed by atoms with Crippen LogP contribution in [-0.2, 0) is 11.3 Å². The van der Waals surface area contributed by atoms with Gasteiger partial charge in [-0.3, -0.25) is 9.69 Å². The van der Waals surface area contributed by atoms with Crippen LogP contribution >= 0.6 is 0 Å². The second-order valence-corrected chi connectivity index (χ2v) is 6.92. The average molecular weight is 378 g/mol. The van der Waals surface area contributed by atoms with Gasteiger partial charge >= 0.3 is 0 Å². The zero-order chi connectivity index (χ0) is 20.1. The Morgan fingerprint density at radius 2 is 1.64 bits per heavy atom. The van der Waals surface area contributed by atoms with Crippen LogP contribution in [0.1, 0.15) is 11.1 Å². The number of hydrogen-bond acceptors (Lipinski definition) is 4. The van der Waals surface area contributed by atoms with E-state index in [1.807, 2.05) is 67.4 Å². The van der Waals surface area contributed by atoms with Crippen molar-refractivity contribution in [2.45, 2.75) is 13.5 Å². The molecule has 1 amide bonds. The lowest BCUT2D eigenvalue weighted by Gasteiger charge is -2.19. The third-order valence-electron chi connectivity index (χ3n) is 4.73. The van der Waals surface area contributed by atoms with Gasteiger partial charge in [0.1, 0.15) is 0 Å². The van der Waals surface area contributed by atoms with Crippen molar-refractivity contribution < 1.29 is 14.3 Å². The van der Waals surface area contributed by atoms with Crippen molar-refractivity contribution in [2.75, 3.05) is 33.1 Å². The van der Waals surface area contributed by atoms with E-state index in [0.29, 0.717) is 24.6 Å². The lowest BCUT2D eigenvalue weighted by molar-refractivity contribution is -0.117. The molecular formula is C23H26N2O3. The van der Waals surface area contributed by atoms with Gasteiger partial charge in [-0.2, -0.15) is 0 Å². The summed E-state index contributed by atoms with van der Waals surface area (Å²) in [6.07, 6.45) is 0. The molecule has 0 aliphatic rings. The monoisotopic (exact) mass is 378 g/mol. The summed E-state index contributed by atoms with van der Waals surface area (Å²) in [6, 6.07) is 17.9. The highest BCUT2D eigenvalue weighted by Crippen LogP contribution is 2.30. The molecule has 3 aromatic rings. The highest BCUT2D eigenvalue weighted by atomic mass is 16.5. The first kappa shape index (κ1) is 19.7. The molecule has 3 rings (SSSR count). The maximum atomic E-state index is 12.5. The molecule has 0 saturated heterocycles. The van der Waals surface area contributed by atoms with Gasteiger partial charge < -0.3 is 14.8 Å². The molecule has 0 aromatic heterocycles. The molecule has 0 bridgehead atoms. The largest absolute Gasteiger partial charge is 0.493 e. The number of carbonyl (C=O) groups excluding carboxylic acids is 1. The van der Waals surface area contributed by atoms with Crippen LogP contribution in [0, 0.1) is 6.92 Å². The minimum Gasteiger partial charge on any atom is -0.493 e. The maximum Gasteiger partial charge on any atom is 0.238 e. The second kappa shape index (κ2) is 8.76. The molecule has 0 radical (unpaired) electrons. The van der Waals surface area contributed by atoms with Crippen LogP contribution in [-0.4, -0.2) is 38.6 Å². The van der Waals surface area contributed by atoms with Crippen molar-refractivity contribution >= 4 is 22.4 Å². The topological polar surface area (TPSA) is 50.8 Å². The Morgan fingerprint density at radius 3 is 2.36 bits per heavy atom. The van der Waals surface area contributed by atoms with Gasteiger partial charge in [-0.1, -0.05) is 30.3 Å². The molecule has 1 N–H and O–H groups in total. The minimum atomic E-state index is -0.0455. The normalized spacial score (nSPS) is 10.9. The third-order valence-corrected chi connectivity index (χ3v) is 4.73. The Morgan fingerprint density at radius 1 is 0.964 bits per heavy atom. The number of anilines is 1. The number of aryl methyl sites for hydroxylation is 1. The Balaban J connectivity index is 1.64. The third kappa shape index (κ3) is 4.61. The maximum absolute atomic E-state index is 12.5. The lowest BCUT2D eigenvalue weighted by atomic mass is 10.1. The van der Waals surface area contributed by atoms with Crippen LogP contribution < -0.4 is 14.8 Å². The van der Waals surface area contributed by atoms with Crippen LogP contribution in [0.5, 0.6) is 11.5 Å². The molecule has 5 heteroatoms. The highest BCUT2D eigenvalue weighted by molar-refractivity contribution is 5.95. The summed E-state index contributed by atoms with van der Waals surface area (Å²) in [5, 5.41) is 5.24. The van der Waals surface area contributed by atoms with Crippen LogP contribution in [0.25, 0.3) is 10.8 Å². The van der Waals surface area contributed by atoms with Crippen molar-refractivity contribution in [3.63, 3.8) is 0 Å². The number of carbonyl (C=O) groups is 1. The molecule has 0 spiro atoms. The number of methoxy groups -OCH3 is 2. The Labute approximate surface area is 165 Å².